The van der Waals surface area contributed by atoms with E-state index in [1.54, 1.807) is 6.92 Å². The minimum Gasteiger partial charge on any atom is -0.462 e. The first kappa shape index (κ1) is 51.7. The van der Waals surface area contributed by atoms with Gasteiger partial charge in [-0.05, 0) is 78.6 Å². The zero-order valence-corrected chi connectivity index (χ0v) is 34.8. The number of ether oxygens (including phenoxy) is 9. The van der Waals surface area contributed by atoms with E-state index in [0.717, 1.165) is 0 Å². The Morgan fingerprint density at radius 1 is 0.475 bits per heavy atom. The topological polar surface area (TPSA) is 220 Å². The predicted octanol–water partition coefficient (Wildman–Crippen LogP) is 5.17. The molecule has 1 saturated heterocycles. The maximum Gasteiger partial charge on any atom is 0.333 e. The molecular weight excluding hydrogens is 776 g/mol. The van der Waals surface area contributed by atoms with Crippen molar-refractivity contribution >= 4 is 47.8 Å². The maximum atomic E-state index is 13.2. The molecule has 1 aliphatic heterocycles. The molecule has 17 heteroatoms. The Bertz CT molecular complexity index is 1510. The fourth-order valence-electron chi connectivity index (χ4n) is 4.81. The summed E-state index contributed by atoms with van der Waals surface area (Å²) in [6.45, 7) is 20.1. The molecule has 59 heavy (non-hydrogen) atoms. The molecule has 0 spiro atoms. The third kappa shape index (κ3) is 22.4. The monoisotopic (exact) mass is 836 g/mol. The average molecular weight is 837 g/mol. The van der Waals surface area contributed by atoms with Gasteiger partial charge < -0.3 is 42.6 Å². The number of hydrogen-bond donors (Lipinski definition) is 0. The molecule has 1 aliphatic rings. The molecule has 1 heterocycles. The third-order valence-corrected chi connectivity index (χ3v) is 8.24. The van der Waals surface area contributed by atoms with Crippen LogP contribution in [-0.4, -0.2) is 105 Å². The zero-order valence-electron chi connectivity index (χ0n) is 34.8. The molecular formula is C42H60O17. The number of carbonyl (C=O) groups is 8. The highest BCUT2D eigenvalue weighted by atomic mass is 16.7. The van der Waals surface area contributed by atoms with Gasteiger partial charge in [0.2, 0.25) is 12.4 Å². The summed E-state index contributed by atoms with van der Waals surface area (Å²) in [5.74, 6) is -5.33. The van der Waals surface area contributed by atoms with Crippen LogP contribution in [0.25, 0.3) is 0 Å². The first-order valence-electron chi connectivity index (χ1n) is 19.7. The predicted molar refractivity (Wildman–Crippen MR) is 209 cm³/mol. The van der Waals surface area contributed by atoms with Crippen LogP contribution in [0.1, 0.15) is 111 Å². The lowest BCUT2D eigenvalue weighted by molar-refractivity contribution is -0.275. The van der Waals surface area contributed by atoms with Gasteiger partial charge in [0.15, 0.2) is 12.2 Å². The SMILES string of the molecule is C=C(C)C(=O)OCCCCC(=O)OC1OC[C@@H](OC(=O)CCCCOC(=O)C(=C)CC)[C@H](OC(=O)CCCCOC(=O)C(=C)C)[C@H]1OC(=O)CCCCOC(=O)C(=C)C. The molecule has 0 saturated carbocycles. The summed E-state index contributed by atoms with van der Waals surface area (Å²) < 4.78 is 48.8. The molecule has 0 radical (unpaired) electrons. The van der Waals surface area contributed by atoms with Gasteiger partial charge >= 0.3 is 47.8 Å². The van der Waals surface area contributed by atoms with Crippen molar-refractivity contribution in [1.29, 1.82) is 0 Å². The summed E-state index contributed by atoms with van der Waals surface area (Å²) in [5, 5.41) is 0. The lowest BCUT2D eigenvalue weighted by Gasteiger charge is -2.40. The van der Waals surface area contributed by atoms with Crippen molar-refractivity contribution in [3.8, 4) is 0 Å². The van der Waals surface area contributed by atoms with Crippen LogP contribution >= 0.6 is 0 Å². The number of hydrogen-bond acceptors (Lipinski definition) is 17. The van der Waals surface area contributed by atoms with E-state index in [-0.39, 0.29) is 94.5 Å². The fourth-order valence-corrected chi connectivity index (χ4v) is 4.81. The van der Waals surface area contributed by atoms with E-state index in [1.165, 1.54) is 20.8 Å². The second-order valence-electron chi connectivity index (χ2n) is 13.8. The van der Waals surface area contributed by atoms with Gasteiger partial charge in [-0.3, -0.25) is 19.2 Å². The standard InChI is InChI=1S/C42H60O17/c1-9-30(8)41(50)54-25-17-10-18-32(43)56-31-26-55-42(59-35(46)21-13-16-24-53-40(49)29(6)7)37(58-34(45)20-12-15-23-52-39(48)28(4)5)36(31)57-33(44)19-11-14-22-51-38(47)27(2)3/h31,36-37,42H,2,4,6,8-26H2,1,3,5,7H3/t31-,36+,37-,42?/m1/s1. The molecule has 0 aromatic carbocycles. The smallest absolute Gasteiger partial charge is 0.333 e. The van der Waals surface area contributed by atoms with Crippen LogP contribution in [0.3, 0.4) is 0 Å². The summed E-state index contributed by atoms with van der Waals surface area (Å²) >= 11 is 0. The minimum absolute atomic E-state index is 0.0132. The number of unbranched alkanes of at least 4 members (excludes halogenated alkanes) is 4. The summed E-state index contributed by atoms with van der Waals surface area (Å²) in [7, 11) is 0. The normalized spacial score (nSPS) is 16.9. The van der Waals surface area contributed by atoms with Gasteiger partial charge in [0.25, 0.3) is 0 Å². The van der Waals surface area contributed by atoms with E-state index in [1.807, 2.05) is 0 Å². The number of esters is 8. The van der Waals surface area contributed by atoms with Crippen molar-refractivity contribution in [3.05, 3.63) is 48.6 Å². The lowest BCUT2D eigenvalue weighted by atomic mass is 10.0. The van der Waals surface area contributed by atoms with Gasteiger partial charge in [-0.1, -0.05) is 33.2 Å². The van der Waals surface area contributed by atoms with Crippen LogP contribution in [0.15, 0.2) is 48.6 Å². The molecule has 1 fully saturated rings. The first-order chi connectivity index (χ1) is 28.0. The molecule has 4 atom stereocenters. The van der Waals surface area contributed by atoms with E-state index in [9.17, 15) is 38.4 Å². The van der Waals surface area contributed by atoms with E-state index in [0.29, 0.717) is 37.7 Å². The Morgan fingerprint density at radius 3 is 1.19 bits per heavy atom. The molecule has 330 valence electrons. The third-order valence-electron chi connectivity index (χ3n) is 8.24. The van der Waals surface area contributed by atoms with Crippen LogP contribution in [0.4, 0.5) is 0 Å². The molecule has 0 aliphatic carbocycles. The van der Waals surface area contributed by atoms with Crippen molar-refractivity contribution in [2.45, 2.75) is 136 Å². The Labute approximate surface area is 345 Å². The van der Waals surface area contributed by atoms with Crippen molar-refractivity contribution in [3.63, 3.8) is 0 Å². The van der Waals surface area contributed by atoms with Crippen molar-refractivity contribution < 1.29 is 81.0 Å². The lowest BCUT2D eigenvalue weighted by Crippen LogP contribution is -2.58. The van der Waals surface area contributed by atoms with E-state index < -0.39 is 79.0 Å². The summed E-state index contributed by atoms with van der Waals surface area (Å²) in [4.78, 5) is 99.3. The molecule has 0 aromatic rings. The maximum absolute atomic E-state index is 13.2. The summed E-state index contributed by atoms with van der Waals surface area (Å²) in [6.07, 6.45) is -3.97. The highest BCUT2D eigenvalue weighted by Gasteiger charge is 2.49. The molecule has 0 N–H and O–H groups in total. The molecule has 1 unspecified atom stereocenters. The molecule has 17 nitrogen and oxygen atoms in total. The van der Waals surface area contributed by atoms with Crippen LogP contribution in [-0.2, 0) is 81.0 Å². The highest BCUT2D eigenvalue weighted by Crippen LogP contribution is 2.27. The molecule has 0 aromatic heterocycles. The summed E-state index contributed by atoms with van der Waals surface area (Å²) in [6, 6.07) is 0. The fraction of sp³-hybridized carbons (Fsp3) is 0.619. The van der Waals surface area contributed by atoms with Crippen molar-refractivity contribution in [2.75, 3.05) is 33.0 Å². The Kier molecular flexibility index (Phi) is 25.4. The van der Waals surface area contributed by atoms with E-state index in [2.05, 4.69) is 26.3 Å². The highest BCUT2D eigenvalue weighted by molar-refractivity contribution is 5.88. The largest absolute Gasteiger partial charge is 0.462 e. The van der Waals surface area contributed by atoms with Crippen LogP contribution in [0.2, 0.25) is 0 Å². The Morgan fingerprint density at radius 2 is 0.814 bits per heavy atom. The van der Waals surface area contributed by atoms with E-state index in [4.69, 9.17) is 42.6 Å². The van der Waals surface area contributed by atoms with Gasteiger partial charge in [-0.2, -0.15) is 0 Å². The van der Waals surface area contributed by atoms with Crippen LogP contribution in [0.5, 0.6) is 0 Å². The summed E-state index contributed by atoms with van der Waals surface area (Å²) in [5.41, 5.74) is 0.983. The second-order valence-corrected chi connectivity index (χ2v) is 13.8. The first-order valence-corrected chi connectivity index (χ1v) is 19.7. The zero-order chi connectivity index (χ0) is 44.3. The van der Waals surface area contributed by atoms with Gasteiger partial charge in [-0.15, -0.1) is 0 Å². The Hall–Kier alpha value is -5.32. The molecule has 1 rings (SSSR count). The van der Waals surface area contributed by atoms with Gasteiger partial charge in [0, 0.05) is 48.0 Å². The van der Waals surface area contributed by atoms with Crippen molar-refractivity contribution in [1.82, 2.24) is 0 Å². The minimum atomic E-state index is -1.60. The van der Waals surface area contributed by atoms with Gasteiger partial charge in [-0.25, -0.2) is 19.2 Å². The van der Waals surface area contributed by atoms with Crippen LogP contribution < -0.4 is 0 Å². The quantitative estimate of drug-likeness (QED) is 0.0411. The number of rotatable bonds is 29. The molecule has 0 bridgehead atoms. The molecule has 0 amide bonds. The van der Waals surface area contributed by atoms with Gasteiger partial charge in [0.1, 0.15) is 0 Å². The Balaban J connectivity index is 3.15. The van der Waals surface area contributed by atoms with E-state index >= 15 is 0 Å². The average Bonchev–Trinajstić information content (AvgIpc) is 3.18. The van der Waals surface area contributed by atoms with Gasteiger partial charge in [0.05, 0.1) is 33.0 Å². The van der Waals surface area contributed by atoms with Crippen molar-refractivity contribution in [2.24, 2.45) is 0 Å². The number of carbonyl (C=O) groups excluding carboxylic acids is 8. The van der Waals surface area contributed by atoms with Crippen LogP contribution in [0, 0.1) is 0 Å². The second kappa shape index (κ2) is 29.0.